The molecule has 1 rings (SSSR count). The molecule has 0 saturated carbocycles. The van der Waals surface area contributed by atoms with Crippen LogP contribution in [0.15, 0.2) is 0 Å². The van der Waals surface area contributed by atoms with E-state index in [0.717, 1.165) is 25.7 Å². The number of nitrogens with two attached hydrogens (primary N) is 1. The topological polar surface area (TPSA) is 63.4 Å². The first-order chi connectivity index (χ1) is 7.47. The Morgan fingerprint density at radius 2 is 2.12 bits per heavy atom. The van der Waals surface area contributed by atoms with E-state index in [-0.39, 0.29) is 17.7 Å². The van der Waals surface area contributed by atoms with Gasteiger partial charge in [-0.05, 0) is 38.1 Å². The predicted molar refractivity (Wildman–Crippen MR) is 66.6 cm³/mol. The zero-order chi connectivity index (χ0) is 12.2. The lowest BCUT2D eigenvalue weighted by molar-refractivity contribution is 0.363. The lowest BCUT2D eigenvalue weighted by Crippen LogP contribution is -2.38. The summed E-state index contributed by atoms with van der Waals surface area (Å²) in [4.78, 5) is 0. The van der Waals surface area contributed by atoms with Crippen LogP contribution in [0.1, 0.15) is 39.5 Å². The summed E-state index contributed by atoms with van der Waals surface area (Å²) in [6.45, 7) is 5.24. The van der Waals surface area contributed by atoms with Crippen LogP contribution in [0.3, 0.4) is 0 Å². The van der Waals surface area contributed by atoms with Crippen LogP contribution in [-0.2, 0) is 10.0 Å². The molecule has 1 heterocycles. The van der Waals surface area contributed by atoms with Gasteiger partial charge in [0, 0.05) is 12.6 Å². The van der Waals surface area contributed by atoms with Crippen molar-refractivity contribution in [1.29, 1.82) is 0 Å². The lowest BCUT2D eigenvalue weighted by Gasteiger charge is -2.24. The molecular weight excluding hydrogens is 224 g/mol. The number of sulfonamides is 1. The third kappa shape index (κ3) is 3.71. The molecule has 5 heteroatoms. The van der Waals surface area contributed by atoms with Crippen molar-refractivity contribution in [2.75, 3.05) is 18.8 Å². The quantitative estimate of drug-likeness (QED) is 0.767. The first-order valence-corrected chi connectivity index (χ1v) is 7.78. The van der Waals surface area contributed by atoms with Crippen LogP contribution >= 0.6 is 0 Å². The maximum Gasteiger partial charge on any atom is 0.214 e. The van der Waals surface area contributed by atoms with Crippen LogP contribution in [-0.4, -0.2) is 37.6 Å². The van der Waals surface area contributed by atoms with Gasteiger partial charge in [-0.2, -0.15) is 4.31 Å². The van der Waals surface area contributed by atoms with Gasteiger partial charge in [-0.3, -0.25) is 0 Å². The molecule has 1 unspecified atom stereocenters. The summed E-state index contributed by atoms with van der Waals surface area (Å²) in [6.07, 6.45) is 3.82. The highest BCUT2D eigenvalue weighted by Gasteiger charge is 2.33. The van der Waals surface area contributed by atoms with Gasteiger partial charge in [0.05, 0.1) is 5.75 Å². The molecule has 1 aliphatic rings. The minimum absolute atomic E-state index is 0.195. The highest BCUT2D eigenvalue weighted by molar-refractivity contribution is 7.89. The van der Waals surface area contributed by atoms with Crippen LogP contribution in [0.2, 0.25) is 0 Å². The fourth-order valence-electron chi connectivity index (χ4n) is 2.33. The standard InChI is InChI=1S/C11H24N2O2S/c1-10(2)9-16(14,15)13-8-4-6-11(13)5-3-7-12/h10-11H,3-9,12H2,1-2H3. The van der Waals surface area contributed by atoms with Gasteiger partial charge in [0.1, 0.15) is 0 Å². The van der Waals surface area contributed by atoms with E-state index in [1.54, 1.807) is 4.31 Å². The van der Waals surface area contributed by atoms with Crippen molar-refractivity contribution in [3.63, 3.8) is 0 Å². The number of rotatable bonds is 6. The number of hydrogen-bond acceptors (Lipinski definition) is 3. The minimum atomic E-state index is -3.05. The fourth-order valence-corrected chi connectivity index (χ4v) is 4.44. The third-order valence-electron chi connectivity index (χ3n) is 2.97. The molecule has 1 atom stereocenters. The van der Waals surface area contributed by atoms with Crippen molar-refractivity contribution in [2.24, 2.45) is 11.7 Å². The lowest BCUT2D eigenvalue weighted by atomic mass is 10.1. The predicted octanol–water partition coefficient (Wildman–Crippen LogP) is 1.18. The van der Waals surface area contributed by atoms with Crippen LogP contribution in [0.4, 0.5) is 0 Å². The van der Waals surface area contributed by atoms with Crippen molar-refractivity contribution in [3.05, 3.63) is 0 Å². The molecule has 0 amide bonds. The maximum absolute atomic E-state index is 12.1. The molecule has 0 radical (unpaired) electrons. The summed E-state index contributed by atoms with van der Waals surface area (Å²) in [5.41, 5.74) is 5.47. The second-order valence-corrected chi connectivity index (χ2v) is 6.98. The first-order valence-electron chi connectivity index (χ1n) is 6.17. The Kier molecular flexibility index (Phi) is 5.21. The average molecular weight is 248 g/mol. The molecule has 0 aromatic rings. The van der Waals surface area contributed by atoms with E-state index in [1.807, 2.05) is 13.8 Å². The summed E-state index contributed by atoms with van der Waals surface area (Å²) < 4.78 is 25.9. The molecule has 1 fully saturated rings. The molecule has 0 spiro atoms. The van der Waals surface area contributed by atoms with Crippen molar-refractivity contribution >= 4 is 10.0 Å². The van der Waals surface area contributed by atoms with E-state index in [1.165, 1.54) is 0 Å². The van der Waals surface area contributed by atoms with Gasteiger partial charge < -0.3 is 5.73 Å². The van der Waals surface area contributed by atoms with Gasteiger partial charge in [0.2, 0.25) is 10.0 Å². The molecule has 0 aliphatic carbocycles. The van der Waals surface area contributed by atoms with E-state index in [2.05, 4.69) is 0 Å². The molecule has 16 heavy (non-hydrogen) atoms. The normalized spacial score (nSPS) is 23.1. The second kappa shape index (κ2) is 5.98. The molecular formula is C11H24N2O2S. The zero-order valence-electron chi connectivity index (χ0n) is 10.4. The van der Waals surface area contributed by atoms with E-state index in [9.17, 15) is 8.42 Å². The largest absolute Gasteiger partial charge is 0.330 e. The monoisotopic (exact) mass is 248 g/mol. The van der Waals surface area contributed by atoms with Gasteiger partial charge in [0.15, 0.2) is 0 Å². The second-order valence-electron chi connectivity index (χ2n) is 5.01. The minimum Gasteiger partial charge on any atom is -0.330 e. The molecule has 1 saturated heterocycles. The van der Waals surface area contributed by atoms with Crippen LogP contribution < -0.4 is 5.73 Å². The van der Waals surface area contributed by atoms with Crippen LogP contribution in [0.5, 0.6) is 0 Å². The summed E-state index contributed by atoms with van der Waals surface area (Å²) in [6, 6.07) is 0.201. The molecule has 0 aromatic carbocycles. The Labute approximate surface area is 99.2 Å². The Bertz CT molecular complexity index is 301. The first kappa shape index (κ1) is 13.9. The summed E-state index contributed by atoms with van der Waals surface area (Å²) in [5, 5.41) is 0. The van der Waals surface area contributed by atoms with Gasteiger partial charge in [-0.1, -0.05) is 13.8 Å². The Balaban J connectivity index is 2.63. The fraction of sp³-hybridized carbons (Fsp3) is 1.00. The van der Waals surface area contributed by atoms with Crippen molar-refractivity contribution in [2.45, 2.75) is 45.6 Å². The van der Waals surface area contributed by atoms with E-state index >= 15 is 0 Å². The summed E-state index contributed by atoms with van der Waals surface area (Å²) in [7, 11) is -3.05. The Morgan fingerprint density at radius 3 is 2.69 bits per heavy atom. The molecule has 2 N–H and O–H groups in total. The van der Waals surface area contributed by atoms with Gasteiger partial charge in [0.25, 0.3) is 0 Å². The molecule has 1 aliphatic heterocycles. The van der Waals surface area contributed by atoms with Gasteiger partial charge >= 0.3 is 0 Å². The highest BCUT2D eigenvalue weighted by atomic mass is 32.2. The molecule has 0 bridgehead atoms. The number of hydrogen-bond donors (Lipinski definition) is 1. The average Bonchev–Trinajstić information content (AvgIpc) is 2.61. The Morgan fingerprint density at radius 1 is 1.44 bits per heavy atom. The van der Waals surface area contributed by atoms with Crippen LogP contribution in [0, 0.1) is 5.92 Å². The number of nitrogens with zero attached hydrogens (tertiary/aromatic N) is 1. The Hall–Kier alpha value is -0.130. The molecule has 0 aromatic heterocycles. The van der Waals surface area contributed by atoms with Crippen molar-refractivity contribution in [1.82, 2.24) is 4.31 Å². The summed E-state index contributed by atoms with van der Waals surface area (Å²) in [5.74, 6) is 0.465. The maximum atomic E-state index is 12.1. The van der Waals surface area contributed by atoms with E-state index in [0.29, 0.717) is 13.1 Å². The summed E-state index contributed by atoms with van der Waals surface area (Å²) >= 11 is 0. The zero-order valence-corrected chi connectivity index (χ0v) is 11.2. The van der Waals surface area contributed by atoms with Crippen molar-refractivity contribution < 1.29 is 8.42 Å². The SMILES string of the molecule is CC(C)CS(=O)(=O)N1CCCC1CCCN. The van der Waals surface area contributed by atoms with Gasteiger partial charge in [-0.15, -0.1) is 0 Å². The highest BCUT2D eigenvalue weighted by Crippen LogP contribution is 2.25. The van der Waals surface area contributed by atoms with Crippen molar-refractivity contribution in [3.8, 4) is 0 Å². The van der Waals surface area contributed by atoms with E-state index < -0.39 is 10.0 Å². The van der Waals surface area contributed by atoms with Crippen LogP contribution in [0.25, 0.3) is 0 Å². The van der Waals surface area contributed by atoms with E-state index in [4.69, 9.17) is 5.73 Å². The molecule has 4 nitrogen and oxygen atoms in total. The smallest absolute Gasteiger partial charge is 0.214 e. The molecule has 96 valence electrons. The van der Waals surface area contributed by atoms with Gasteiger partial charge in [-0.25, -0.2) is 8.42 Å². The third-order valence-corrected chi connectivity index (χ3v) is 5.25.